The van der Waals surface area contributed by atoms with Crippen molar-refractivity contribution in [2.45, 2.75) is 26.3 Å². The van der Waals surface area contributed by atoms with Crippen LogP contribution in [-0.2, 0) is 14.4 Å². The number of carbonyl (C=O) groups excluding carboxylic acids is 3. The number of imide groups is 1. The van der Waals surface area contributed by atoms with E-state index in [1.165, 1.54) is 12.2 Å². The monoisotopic (exact) mass is 181 g/mol. The average molecular weight is 181 g/mol. The summed E-state index contributed by atoms with van der Waals surface area (Å²) in [6, 6.07) is -0.639. The summed E-state index contributed by atoms with van der Waals surface area (Å²) in [4.78, 5) is 34.4. The molecule has 0 aromatic rings. The maximum atomic E-state index is 11.2. The largest absolute Gasteiger partial charge is 0.297 e. The smallest absolute Gasteiger partial charge is 0.254 e. The zero-order valence-electron chi connectivity index (χ0n) is 7.61. The van der Waals surface area contributed by atoms with E-state index in [9.17, 15) is 14.4 Å². The number of nitrogens with zero attached hydrogens (tertiary/aromatic N) is 1. The van der Waals surface area contributed by atoms with Crippen molar-refractivity contribution in [3.63, 3.8) is 0 Å². The van der Waals surface area contributed by atoms with Crippen molar-refractivity contribution < 1.29 is 14.4 Å². The van der Waals surface area contributed by atoms with Crippen LogP contribution in [0.2, 0.25) is 0 Å². The minimum Gasteiger partial charge on any atom is -0.297 e. The van der Waals surface area contributed by atoms with Gasteiger partial charge in [0.15, 0.2) is 5.78 Å². The Balaban J connectivity index is 2.78. The molecule has 1 heterocycles. The highest BCUT2D eigenvalue weighted by molar-refractivity contribution is 6.15. The molecule has 4 nitrogen and oxygen atoms in total. The van der Waals surface area contributed by atoms with Gasteiger partial charge in [-0.25, -0.2) is 0 Å². The first-order chi connectivity index (χ1) is 6.07. The first-order valence-electron chi connectivity index (χ1n) is 4.16. The zero-order valence-corrected chi connectivity index (χ0v) is 7.61. The van der Waals surface area contributed by atoms with Gasteiger partial charge in [-0.1, -0.05) is 6.92 Å². The van der Waals surface area contributed by atoms with Crippen LogP contribution in [0.15, 0.2) is 12.2 Å². The standard InChI is InChI=1S/C9H11NO3/c1-3-7(11)6(2)10-8(12)4-5-9(10)13/h4-6H,3H2,1-2H3. The second-order valence-electron chi connectivity index (χ2n) is 2.88. The molecule has 1 aliphatic rings. The number of carbonyl (C=O) groups is 3. The molecule has 0 bridgehead atoms. The van der Waals surface area contributed by atoms with E-state index in [-0.39, 0.29) is 5.78 Å². The Morgan fingerprint density at radius 3 is 2.23 bits per heavy atom. The SMILES string of the molecule is CCC(=O)C(C)N1C(=O)C=CC1=O. The minimum absolute atomic E-state index is 0.106. The number of rotatable bonds is 3. The summed E-state index contributed by atoms with van der Waals surface area (Å²) in [6.07, 6.45) is 2.70. The predicted octanol–water partition coefficient (Wildman–Crippen LogP) is 0.279. The van der Waals surface area contributed by atoms with Crippen molar-refractivity contribution in [3.8, 4) is 0 Å². The molecule has 4 heteroatoms. The number of Topliss-reactive ketones (excluding diaryl/α,β-unsaturated/α-hetero) is 1. The van der Waals surface area contributed by atoms with Crippen LogP contribution in [-0.4, -0.2) is 28.5 Å². The zero-order chi connectivity index (χ0) is 10.0. The summed E-state index contributed by atoms with van der Waals surface area (Å²) in [7, 11) is 0. The molecule has 1 rings (SSSR count). The topological polar surface area (TPSA) is 54.5 Å². The number of hydrogen-bond donors (Lipinski definition) is 0. The predicted molar refractivity (Wildman–Crippen MR) is 45.8 cm³/mol. The lowest BCUT2D eigenvalue weighted by Gasteiger charge is -2.20. The van der Waals surface area contributed by atoms with Crippen LogP contribution in [0.3, 0.4) is 0 Å². The van der Waals surface area contributed by atoms with Gasteiger partial charge in [-0.2, -0.15) is 0 Å². The van der Waals surface area contributed by atoms with Gasteiger partial charge < -0.3 is 0 Å². The molecule has 0 N–H and O–H groups in total. The van der Waals surface area contributed by atoms with Gasteiger partial charge in [-0.15, -0.1) is 0 Å². The quantitative estimate of drug-likeness (QED) is 0.587. The van der Waals surface area contributed by atoms with Crippen LogP contribution in [0.4, 0.5) is 0 Å². The highest BCUT2D eigenvalue weighted by atomic mass is 16.2. The van der Waals surface area contributed by atoms with Crippen LogP contribution in [0, 0.1) is 0 Å². The van der Waals surface area contributed by atoms with Crippen LogP contribution in [0.5, 0.6) is 0 Å². The maximum Gasteiger partial charge on any atom is 0.254 e. The Bertz CT molecular complexity index is 275. The summed E-state index contributed by atoms with van der Waals surface area (Å²) in [5.74, 6) is -0.913. The lowest BCUT2D eigenvalue weighted by molar-refractivity contribution is -0.144. The van der Waals surface area contributed by atoms with Gasteiger partial charge in [-0.3, -0.25) is 19.3 Å². The molecule has 13 heavy (non-hydrogen) atoms. The summed E-state index contributed by atoms with van der Waals surface area (Å²) in [5.41, 5.74) is 0. The van der Waals surface area contributed by atoms with Gasteiger partial charge in [0.2, 0.25) is 0 Å². The van der Waals surface area contributed by atoms with E-state index in [0.717, 1.165) is 4.90 Å². The third kappa shape index (κ3) is 1.66. The third-order valence-electron chi connectivity index (χ3n) is 2.05. The third-order valence-corrected chi connectivity index (χ3v) is 2.05. The van der Waals surface area contributed by atoms with Crippen molar-refractivity contribution in [2.75, 3.05) is 0 Å². The van der Waals surface area contributed by atoms with E-state index >= 15 is 0 Å². The Morgan fingerprint density at radius 2 is 1.85 bits per heavy atom. The van der Waals surface area contributed by atoms with Crippen LogP contribution in [0.25, 0.3) is 0 Å². The molecule has 0 fully saturated rings. The van der Waals surface area contributed by atoms with E-state index in [0.29, 0.717) is 6.42 Å². The van der Waals surface area contributed by atoms with E-state index in [2.05, 4.69) is 0 Å². The molecule has 0 radical (unpaired) electrons. The van der Waals surface area contributed by atoms with Gasteiger partial charge in [-0.05, 0) is 6.92 Å². The number of ketones is 1. The van der Waals surface area contributed by atoms with Crippen molar-refractivity contribution in [3.05, 3.63) is 12.2 Å². The molecule has 70 valence electrons. The number of amides is 2. The maximum absolute atomic E-state index is 11.2. The fourth-order valence-electron chi connectivity index (χ4n) is 1.23. The lowest BCUT2D eigenvalue weighted by atomic mass is 10.1. The van der Waals surface area contributed by atoms with Crippen LogP contribution < -0.4 is 0 Å². The molecule has 1 atom stereocenters. The summed E-state index contributed by atoms with van der Waals surface area (Å²) < 4.78 is 0. The van der Waals surface area contributed by atoms with E-state index in [1.807, 2.05) is 0 Å². The molecule has 0 saturated heterocycles. The van der Waals surface area contributed by atoms with E-state index in [4.69, 9.17) is 0 Å². The summed E-state index contributed by atoms with van der Waals surface area (Å²) in [6.45, 7) is 3.27. The Hall–Kier alpha value is -1.45. The molecular formula is C9H11NO3. The van der Waals surface area contributed by atoms with Gasteiger partial charge in [0.05, 0.1) is 6.04 Å². The lowest BCUT2D eigenvalue weighted by Crippen LogP contribution is -2.42. The highest BCUT2D eigenvalue weighted by Gasteiger charge is 2.31. The van der Waals surface area contributed by atoms with Crippen molar-refractivity contribution in [1.29, 1.82) is 0 Å². The molecule has 0 aliphatic carbocycles. The second kappa shape index (κ2) is 3.51. The molecule has 0 saturated carbocycles. The van der Waals surface area contributed by atoms with E-state index in [1.54, 1.807) is 13.8 Å². The van der Waals surface area contributed by atoms with Crippen molar-refractivity contribution in [1.82, 2.24) is 4.90 Å². The van der Waals surface area contributed by atoms with Gasteiger partial charge in [0, 0.05) is 18.6 Å². The first-order valence-corrected chi connectivity index (χ1v) is 4.16. The number of hydrogen-bond acceptors (Lipinski definition) is 3. The normalized spacial score (nSPS) is 18.2. The average Bonchev–Trinajstić information content (AvgIpc) is 2.44. The summed E-state index contributed by atoms with van der Waals surface area (Å²) in [5, 5.41) is 0. The molecule has 1 unspecified atom stereocenters. The van der Waals surface area contributed by atoms with Gasteiger partial charge >= 0.3 is 0 Å². The molecule has 0 aromatic heterocycles. The fourth-order valence-corrected chi connectivity index (χ4v) is 1.23. The van der Waals surface area contributed by atoms with E-state index < -0.39 is 17.9 Å². The van der Waals surface area contributed by atoms with Gasteiger partial charge in [0.1, 0.15) is 0 Å². The Morgan fingerprint density at radius 1 is 1.38 bits per heavy atom. The molecular weight excluding hydrogens is 170 g/mol. The van der Waals surface area contributed by atoms with Crippen LogP contribution >= 0.6 is 0 Å². The molecule has 2 amide bonds. The van der Waals surface area contributed by atoms with Crippen molar-refractivity contribution in [2.24, 2.45) is 0 Å². The second-order valence-corrected chi connectivity index (χ2v) is 2.88. The summed E-state index contributed by atoms with van der Waals surface area (Å²) >= 11 is 0. The van der Waals surface area contributed by atoms with Gasteiger partial charge in [0.25, 0.3) is 11.8 Å². The Labute approximate surface area is 76.2 Å². The minimum atomic E-state index is -0.639. The highest BCUT2D eigenvalue weighted by Crippen LogP contribution is 2.10. The molecule has 1 aliphatic heterocycles. The molecule has 0 spiro atoms. The van der Waals surface area contributed by atoms with Crippen molar-refractivity contribution >= 4 is 17.6 Å². The molecule has 0 aromatic carbocycles. The fraction of sp³-hybridized carbons (Fsp3) is 0.444. The van der Waals surface area contributed by atoms with Crippen LogP contribution in [0.1, 0.15) is 20.3 Å². The Kier molecular flexibility index (Phi) is 2.60. The first kappa shape index (κ1) is 9.64.